The lowest BCUT2D eigenvalue weighted by molar-refractivity contribution is -0.212. The number of hydrogen-bond acceptors (Lipinski definition) is 7. The Morgan fingerprint density at radius 2 is 2.12 bits per heavy atom. The predicted molar refractivity (Wildman–Crippen MR) is 107 cm³/mol. The van der Waals surface area contributed by atoms with E-state index in [0.717, 1.165) is 17.4 Å². The number of pyridine rings is 1. The first-order chi connectivity index (χ1) is 16.4. The fraction of sp³-hybridized carbons (Fsp3) is 0.200. The minimum atomic E-state index is -4.69. The molecule has 0 saturated heterocycles. The van der Waals surface area contributed by atoms with Gasteiger partial charge in [-0.25, -0.2) is 9.50 Å². The second kappa shape index (κ2) is 7.26. The third kappa shape index (κ3) is 3.22. The summed E-state index contributed by atoms with van der Waals surface area (Å²) in [5.41, 5.74) is 2.91. The highest BCUT2D eigenvalue weighted by Gasteiger charge is 2.38. The Morgan fingerprint density at radius 1 is 1.24 bits per heavy atom. The number of rotatable bonds is 3. The molecule has 1 atom stereocenters. The van der Waals surface area contributed by atoms with Gasteiger partial charge in [-0.3, -0.25) is 4.79 Å². The van der Waals surface area contributed by atoms with Crippen molar-refractivity contribution in [3.63, 3.8) is 0 Å². The molecular formula is C20H14F3N9O2. The second-order valence-electron chi connectivity index (χ2n) is 7.61. The average molecular weight is 469 g/mol. The summed E-state index contributed by atoms with van der Waals surface area (Å²) in [7, 11) is 0. The van der Waals surface area contributed by atoms with E-state index in [1.54, 1.807) is 17.0 Å². The van der Waals surface area contributed by atoms with Crippen molar-refractivity contribution in [1.82, 2.24) is 44.5 Å². The van der Waals surface area contributed by atoms with Crippen molar-refractivity contribution in [3.8, 4) is 11.5 Å². The van der Waals surface area contributed by atoms with E-state index in [1.165, 1.54) is 4.90 Å². The summed E-state index contributed by atoms with van der Waals surface area (Å²) in [5.74, 6) is -1.19. The zero-order valence-electron chi connectivity index (χ0n) is 17.1. The Hall–Kier alpha value is -4.49. The number of carbonyl (C=O) groups is 1. The normalized spacial score (nSPS) is 16.2. The number of fused-ring (bicyclic) bond motifs is 2. The summed E-state index contributed by atoms with van der Waals surface area (Å²) in [6.45, 7) is 0.316. The summed E-state index contributed by atoms with van der Waals surface area (Å²) in [6, 6.07) is 6.85. The fourth-order valence-corrected chi connectivity index (χ4v) is 4.01. The molecule has 11 nitrogen and oxygen atoms in total. The topological polar surface area (TPSA) is 123 Å². The van der Waals surface area contributed by atoms with Gasteiger partial charge < -0.3 is 14.3 Å². The number of imidazole rings is 1. The van der Waals surface area contributed by atoms with Gasteiger partial charge in [0, 0.05) is 31.1 Å². The maximum atomic E-state index is 13.4. The van der Waals surface area contributed by atoms with Crippen molar-refractivity contribution in [2.45, 2.75) is 18.8 Å². The monoisotopic (exact) mass is 469 g/mol. The predicted octanol–water partition coefficient (Wildman–Crippen LogP) is 2.57. The van der Waals surface area contributed by atoms with E-state index in [1.807, 2.05) is 24.3 Å². The smallest absolute Gasteiger partial charge is 0.412 e. The lowest BCUT2D eigenvalue weighted by Crippen LogP contribution is -2.41. The molecule has 5 aromatic heterocycles. The number of nitrogens with zero attached hydrogens (tertiary/aromatic N) is 8. The van der Waals surface area contributed by atoms with Crippen LogP contribution < -0.4 is 0 Å². The van der Waals surface area contributed by atoms with Crippen LogP contribution in [0.5, 0.6) is 0 Å². The minimum absolute atomic E-state index is 0.0611. The molecule has 0 spiro atoms. The lowest BCUT2D eigenvalue weighted by atomic mass is 9.99. The number of carbonyl (C=O) groups excluding carboxylic acids is 1. The number of amides is 1. The van der Waals surface area contributed by atoms with Crippen LogP contribution in [-0.2, 0) is 12.7 Å². The van der Waals surface area contributed by atoms with E-state index >= 15 is 0 Å². The van der Waals surface area contributed by atoms with Gasteiger partial charge in [0.15, 0.2) is 0 Å². The summed E-state index contributed by atoms with van der Waals surface area (Å²) in [6.07, 6.45) is 0.830. The van der Waals surface area contributed by atoms with Crippen molar-refractivity contribution in [1.29, 1.82) is 0 Å². The minimum Gasteiger partial charge on any atom is -0.412 e. The maximum Gasteiger partial charge on any atom is 0.504 e. The molecule has 6 rings (SSSR count). The van der Waals surface area contributed by atoms with Crippen LogP contribution >= 0.6 is 0 Å². The first-order valence-electron chi connectivity index (χ1n) is 10.1. The van der Waals surface area contributed by atoms with Crippen LogP contribution in [0.2, 0.25) is 0 Å². The van der Waals surface area contributed by atoms with Crippen molar-refractivity contribution >= 4 is 11.4 Å². The van der Waals surface area contributed by atoms with E-state index in [2.05, 4.69) is 30.4 Å². The van der Waals surface area contributed by atoms with Gasteiger partial charge in [0.25, 0.3) is 5.89 Å². The largest absolute Gasteiger partial charge is 0.504 e. The standard InChI is InChI=1S/C20H14F3N9O2/c21-20(22,23)32-9-11(8-26-32)17-27-28-18(34-17)19(33)30-6-4-13-15(25-10-24-13)16(30)14-7-12-3-1-2-5-31(12)29-14/h1-3,5,7-10,16H,4,6H2,(H,24,25)/t16-/m0/s1. The second-order valence-corrected chi connectivity index (χ2v) is 7.61. The molecule has 34 heavy (non-hydrogen) atoms. The third-order valence-electron chi connectivity index (χ3n) is 5.55. The van der Waals surface area contributed by atoms with Crippen molar-refractivity contribution in [2.75, 3.05) is 6.54 Å². The molecule has 0 radical (unpaired) electrons. The van der Waals surface area contributed by atoms with Gasteiger partial charge in [-0.1, -0.05) is 6.07 Å². The highest BCUT2D eigenvalue weighted by Crippen LogP contribution is 2.34. The van der Waals surface area contributed by atoms with Gasteiger partial charge in [0.1, 0.15) is 6.04 Å². The van der Waals surface area contributed by atoms with Gasteiger partial charge in [0.05, 0.1) is 35.0 Å². The van der Waals surface area contributed by atoms with Gasteiger partial charge in [0.2, 0.25) is 0 Å². The van der Waals surface area contributed by atoms with E-state index in [0.29, 0.717) is 30.6 Å². The summed E-state index contributed by atoms with van der Waals surface area (Å²) in [5, 5.41) is 15.4. The molecule has 1 aliphatic heterocycles. The molecule has 6 heterocycles. The highest BCUT2D eigenvalue weighted by molar-refractivity contribution is 5.90. The van der Waals surface area contributed by atoms with Crippen molar-refractivity contribution < 1.29 is 22.4 Å². The van der Waals surface area contributed by atoms with Crippen LogP contribution in [0.1, 0.15) is 33.8 Å². The van der Waals surface area contributed by atoms with Crippen molar-refractivity contribution in [2.24, 2.45) is 0 Å². The molecule has 0 fully saturated rings. The first-order valence-corrected chi connectivity index (χ1v) is 10.1. The molecule has 5 aromatic rings. The van der Waals surface area contributed by atoms with Crippen LogP contribution in [0, 0.1) is 0 Å². The summed E-state index contributed by atoms with van der Waals surface area (Å²) >= 11 is 0. The molecular weight excluding hydrogens is 455 g/mol. The van der Waals surface area contributed by atoms with Gasteiger partial charge in [-0.15, -0.1) is 23.4 Å². The highest BCUT2D eigenvalue weighted by atomic mass is 19.4. The van der Waals surface area contributed by atoms with E-state index in [9.17, 15) is 18.0 Å². The lowest BCUT2D eigenvalue weighted by Gasteiger charge is -2.32. The number of halogens is 3. The van der Waals surface area contributed by atoms with Gasteiger partial charge in [-0.05, 0) is 18.2 Å². The number of aromatic nitrogens is 8. The number of aromatic amines is 1. The van der Waals surface area contributed by atoms with Crippen LogP contribution in [0.25, 0.3) is 17.0 Å². The van der Waals surface area contributed by atoms with Crippen LogP contribution in [-0.4, -0.2) is 56.9 Å². The first kappa shape index (κ1) is 20.1. The molecule has 172 valence electrons. The van der Waals surface area contributed by atoms with E-state index < -0.39 is 18.2 Å². The molecule has 0 aromatic carbocycles. The maximum absolute atomic E-state index is 13.4. The summed E-state index contributed by atoms with van der Waals surface area (Å²) in [4.78, 5) is 22.4. The molecule has 1 N–H and O–H groups in total. The summed E-state index contributed by atoms with van der Waals surface area (Å²) < 4.78 is 45.4. The molecule has 0 bridgehead atoms. The van der Waals surface area contributed by atoms with Gasteiger partial charge in [-0.2, -0.15) is 14.9 Å². The SMILES string of the molecule is O=C(c1nnc(-c2cnn(C(F)(F)F)c2)o1)N1CCc2[nH]cnc2[C@@H]1c1cc2ccccn2n1. The Morgan fingerprint density at radius 3 is 2.91 bits per heavy atom. The number of alkyl halides is 3. The van der Waals surface area contributed by atoms with E-state index in [-0.39, 0.29) is 22.0 Å². The van der Waals surface area contributed by atoms with Crippen molar-refractivity contribution in [3.05, 3.63) is 72.2 Å². The molecule has 0 saturated carbocycles. The molecule has 14 heteroatoms. The van der Waals surface area contributed by atoms with E-state index in [4.69, 9.17) is 4.42 Å². The zero-order valence-corrected chi connectivity index (χ0v) is 17.1. The Balaban J connectivity index is 1.35. The molecule has 0 aliphatic carbocycles. The Bertz CT molecular complexity index is 1480. The number of nitrogens with one attached hydrogen (secondary N) is 1. The van der Waals surface area contributed by atoms with Crippen LogP contribution in [0.15, 0.2) is 53.6 Å². The fourth-order valence-electron chi connectivity index (χ4n) is 4.01. The molecule has 1 aliphatic rings. The van der Waals surface area contributed by atoms with Gasteiger partial charge >= 0.3 is 18.1 Å². The third-order valence-corrected chi connectivity index (χ3v) is 5.55. The molecule has 1 amide bonds. The van der Waals surface area contributed by atoms with Crippen LogP contribution in [0.3, 0.4) is 0 Å². The number of hydrogen-bond donors (Lipinski definition) is 1. The Labute approximate surface area is 187 Å². The quantitative estimate of drug-likeness (QED) is 0.431. The average Bonchev–Trinajstić information content (AvgIpc) is 3.61. The zero-order chi connectivity index (χ0) is 23.4. The number of H-pyrrole nitrogens is 1. The molecule has 0 unspecified atom stereocenters. The Kier molecular flexibility index (Phi) is 4.30. The van der Waals surface area contributed by atoms with Crippen LogP contribution in [0.4, 0.5) is 13.2 Å².